The van der Waals surface area contributed by atoms with Gasteiger partial charge in [0.2, 0.25) is 0 Å². The largest absolute Gasteiger partial charge is 0.377 e. The maximum atomic E-state index is 6.40. The summed E-state index contributed by atoms with van der Waals surface area (Å²) in [5, 5.41) is 4.43. The zero-order valence-corrected chi connectivity index (χ0v) is 12.1. The van der Waals surface area contributed by atoms with E-state index in [4.69, 9.17) is 16.3 Å². The van der Waals surface area contributed by atoms with Crippen molar-refractivity contribution in [3.05, 3.63) is 28.8 Å². The Morgan fingerprint density at radius 1 is 1.42 bits per heavy atom. The van der Waals surface area contributed by atoms with Crippen LogP contribution in [0.3, 0.4) is 0 Å². The van der Waals surface area contributed by atoms with Gasteiger partial charge in [-0.1, -0.05) is 17.7 Å². The average Bonchev–Trinajstić information content (AvgIpc) is 3.22. The first-order chi connectivity index (χ1) is 9.25. The highest BCUT2D eigenvalue weighted by Gasteiger charge is 2.24. The SMILES string of the molecule is CC1COCCN1c1cccc(Cl)c1CNC1CC1. The fourth-order valence-corrected chi connectivity index (χ4v) is 2.85. The second-order valence-electron chi connectivity index (χ2n) is 5.51. The van der Waals surface area contributed by atoms with Gasteiger partial charge in [-0.25, -0.2) is 0 Å². The minimum atomic E-state index is 0.409. The van der Waals surface area contributed by atoms with E-state index in [9.17, 15) is 0 Å². The minimum Gasteiger partial charge on any atom is -0.377 e. The number of rotatable bonds is 4. The molecule has 1 aromatic carbocycles. The van der Waals surface area contributed by atoms with E-state index in [2.05, 4.69) is 23.2 Å². The molecule has 104 valence electrons. The second kappa shape index (κ2) is 5.70. The van der Waals surface area contributed by atoms with Gasteiger partial charge in [0.1, 0.15) is 0 Å². The van der Waals surface area contributed by atoms with E-state index in [1.807, 2.05) is 12.1 Å². The first kappa shape index (κ1) is 13.2. The maximum Gasteiger partial charge on any atom is 0.0668 e. The normalized spacial score (nSPS) is 23.7. The summed E-state index contributed by atoms with van der Waals surface area (Å²) in [6.07, 6.45) is 2.60. The van der Waals surface area contributed by atoms with E-state index in [0.717, 1.165) is 31.3 Å². The molecular formula is C15H21ClN2O. The lowest BCUT2D eigenvalue weighted by Crippen LogP contribution is -2.44. The molecule has 1 unspecified atom stereocenters. The number of nitrogens with zero attached hydrogens (tertiary/aromatic N) is 1. The zero-order valence-electron chi connectivity index (χ0n) is 11.4. The van der Waals surface area contributed by atoms with E-state index < -0.39 is 0 Å². The van der Waals surface area contributed by atoms with E-state index >= 15 is 0 Å². The third kappa shape index (κ3) is 3.04. The number of ether oxygens (including phenoxy) is 1. The van der Waals surface area contributed by atoms with Crippen molar-refractivity contribution in [2.45, 2.75) is 38.4 Å². The molecule has 0 radical (unpaired) electrons. The molecule has 0 spiro atoms. The van der Waals surface area contributed by atoms with Crippen LogP contribution < -0.4 is 10.2 Å². The van der Waals surface area contributed by atoms with Crippen LogP contribution in [-0.4, -0.2) is 31.8 Å². The van der Waals surface area contributed by atoms with Crippen LogP contribution >= 0.6 is 11.6 Å². The van der Waals surface area contributed by atoms with Crippen LogP contribution in [0.2, 0.25) is 5.02 Å². The molecule has 3 rings (SSSR count). The van der Waals surface area contributed by atoms with Crippen molar-refractivity contribution in [2.24, 2.45) is 0 Å². The van der Waals surface area contributed by atoms with Gasteiger partial charge in [0.05, 0.1) is 13.2 Å². The molecule has 0 bridgehead atoms. The number of morpholine rings is 1. The molecule has 1 atom stereocenters. The number of halogens is 1. The highest BCUT2D eigenvalue weighted by molar-refractivity contribution is 6.31. The summed E-state index contributed by atoms with van der Waals surface area (Å²) in [5.41, 5.74) is 2.49. The summed E-state index contributed by atoms with van der Waals surface area (Å²) < 4.78 is 5.52. The lowest BCUT2D eigenvalue weighted by Gasteiger charge is -2.36. The topological polar surface area (TPSA) is 24.5 Å². The van der Waals surface area contributed by atoms with Crippen LogP contribution in [0.5, 0.6) is 0 Å². The average molecular weight is 281 g/mol. The molecule has 1 N–H and O–H groups in total. The predicted octanol–water partition coefficient (Wildman–Crippen LogP) is 2.82. The van der Waals surface area contributed by atoms with Crippen molar-refractivity contribution >= 4 is 17.3 Å². The maximum absolute atomic E-state index is 6.40. The van der Waals surface area contributed by atoms with E-state index in [1.54, 1.807) is 0 Å². The molecule has 1 aromatic rings. The van der Waals surface area contributed by atoms with Crippen LogP contribution in [0.25, 0.3) is 0 Å². The minimum absolute atomic E-state index is 0.409. The monoisotopic (exact) mass is 280 g/mol. The van der Waals surface area contributed by atoms with Gasteiger partial charge in [-0.05, 0) is 31.9 Å². The van der Waals surface area contributed by atoms with E-state index in [-0.39, 0.29) is 0 Å². The number of hydrogen-bond donors (Lipinski definition) is 1. The fourth-order valence-electron chi connectivity index (χ4n) is 2.61. The van der Waals surface area contributed by atoms with Gasteiger partial charge < -0.3 is 15.0 Å². The first-order valence-corrected chi connectivity index (χ1v) is 7.48. The standard InChI is InChI=1S/C15H21ClN2O/c1-11-10-19-8-7-18(11)15-4-2-3-14(16)13(15)9-17-12-5-6-12/h2-4,11-12,17H,5-10H2,1H3. The molecule has 2 aliphatic rings. The Hall–Kier alpha value is -0.770. The molecule has 3 nitrogen and oxygen atoms in total. The summed E-state index contributed by atoms with van der Waals surface area (Å²) in [5.74, 6) is 0. The Labute approximate surface area is 119 Å². The molecule has 0 aromatic heterocycles. The lowest BCUT2D eigenvalue weighted by atomic mass is 10.1. The van der Waals surface area contributed by atoms with Crippen LogP contribution in [0.15, 0.2) is 18.2 Å². The van der Waals surface area contributed by atoms with Crippen molar-refractivity contribution in [1.82, 2.24) is 5.32 Å². The van der Waals surface area contributed by atoms with Gasteiger partial charge in [-0.3, -0.25) is 0 Å². The van der Waals surface area contributed by atoms with Crippen molar-refractivity contribution in [2.75, 3.05) is 24.7 Å². The van der Waals surface area contributed by atoms with Crippen LogP contribution in [0, 0.1) is 0 Å². The molecule has 1 aliphatic carbocycles. The summed E-state index contributed by atoms with van der Waals surface area (Å²) in [7, 11) is 0. The van der Waals surface area contributed by atoms with Gasteiger partial charge >= 0.3 is 0 Å². The van der Waals surface area contributed by atoms with Crippen LogP contribution in [0.1, 0.15) is 25.3 Å². The van der Waals surface area contributed by atoms with E-state index in [0.29, 0.717) is 12.1 Å². The highest BCUT2D eigenvalue weighted by Crippen LogP contribution is 2.31. The van der Waals surface area contributed by atoms with E-state index in [1.165, 1.54) is 24.1 Å². The molecular weight excluding hydrogens is 260 g/mol. The van der Waals surface area contributed by atoms with Gasteiger partial charge in [-0.2, -0.15) is 0 Å². The molecule has 1 heterocycles. The molecule has 0 amide bonds. The number of benzene rings is 1. The summed E-state index contributed by atoms with van der Waals surface area (Å²) in [4.78, 5) is 2.42. The van der Waals surface area contributed by atoms with Gasteiger partial charge in [-0.15, -0.1) is 0 Å². The van der Waals surface area contributed by atoms with Gasteiger partial charge in [0.25, 0.3) is 0 Å². The Morgan fingerprint density at radius 2 is 2.26 bits per heavy atom. The van der Waals surface area contributed by atoms with Crippen LogP contribution in [-0.2, 0) is 11.3 Å². The Bertz CT molecular complexity index is 448. The third-order valence-electron chi connectivity index (χ3n) is 3.92. The molecule has 1 aliphatic heterocycles. The number of anilines is 1. The van der Waals surface area contributed by atoms with Gasteiger partial charge in [0, 0.05) is 41.4 Å². The Balaban J connectivity index is 1.83. The second-order valence-corrected chi connectivity index (χ2v) is 5.92. The summed E-state index contributed by atoms with van der Waals surface area (Å²) in [6.45, 7) is 5.61. The number of nitrogens with one attached hydrogen (secondary N) is 1. The van der Waals surface area contributed by atoms with Crippen LogP contribution in [0.4, 0.5) is 5.69 Å². The zero-order chi connectivity index (χ0) is 13.2. The summed E-state index contributed by atoms with van der Waals surface area (Å²) in [6, 6.07) is 7.32. The molecule has 1 saturated heterocycles. The fraction of sp³-hybridized carbons (Fsp3) is 0.600. The highest BCUT2D eigenvalue weighted by atomic mass is 35.5. The van der Waals surface area contributed by atoms with Gasteiger partial charge in [0.15, 0.2) is 0 Å². The third-order valence-corrected chi connectivity index (χ3v) is 4.27. The lowest BCUT2D eigenvalue weighted by molar-refractivity contribution is 0.0988. The molecule has 1 saturated carbocycles. The molecule has 2 fully saturated rings. The Morgan fingerprint density at radius 3 is 3.00 bits per heavy atom. The smallest absolute Gasteiger partial charge is 0.0668 e. The van der Waals surface area contributed by atoms with Crippen molar-refractivity contribution < 1.29 is 4.74 Å². The molecule has 4 heteroatoms. The quantitative estimate of drug-likeness (QED) is 0.918. The molecule has 19 heavy (non-hydrogen) atoms. The Kier molecular flexibility index (Phi) is 3.96. The van der Waals surface area contributed by atoms with Crippen molar-refractivity contribution in [3.63, 3.8) is 0 Å². The first-order valence-electron chi connectivity index (χ1n) is 7.11. The van der Waals surface area contributed by atoms with Crippen molar-refractivity contribution in [1.29, 1.82) is 0 Å². The predicted molar refractivity (Wildman–Crippen MR) is 78.9 cm³/mol. The number of hydrogen-bond acceptors (Lipinski definition) is 3. The summed E-state index contributed by atoms with van der Waals surface area (Å²) >= 11 is 6.40. The van der Waals surface area contributed by atoms with Crippen molar-refractivity contribution in [3.8, 4) is 0 Å².